The Morgan fingerprint density at radius 3 is 2.65 bits per heavy atom. The molecule has 6 heteroatoms. The van der Waals surface area contributed by atoms with Crippen LogP contribution in [0.25, 0.3) is 0 Å². The van der Waals surface area contributed by atoms with Gasteiger partial charge in [-0.25, -0.2) is 9.97 Å². The molecule has 1 saturated heterocycles. The quantitative estimate of drug-likeness (QED) is 0.805. The number of aromatic nitrogens is 2. The Morgan fingerprint density at radius 2 is 1.92 bits per heavy atom. The third-order valence-electron chi connectivity index (χ3n) is 5.76. The average molecular weight is 360 g/mol. The highest BCUT2D eigenvalue weighted by molar-refractivity contribution is 5.76. The number of likely N-dealkylation sites (N-methyl/N-ethyl adjacent to an activating group) is 1. The van der Waals surface area contributed by atoms with Gasteiger partial charge in [-0.2, -0.15) is 0 Å². The number of hydrogen-bond donors (Lipinski definition) is 0. The maximum Gasteiger partial charge on any atom is 0.222 e. The van der Waals surface area contributed by atoms with Gasteiger partial charge < -0.3 is 14.7 Å². The van der Waals surface area contributed by atoms with Gasteiger partial charge in [-0.05, 0) is 38.1 Å². The SMILES string of the molecule is CN1CCN(C(=O)CC2CCCC2)CC(Cc2cc(N(C)C)ncn2)C1. The van der Waals surface area contributed by atoms with Crippen LogP contribution in [0.4, 0.5) is 5.82 Å². The van der Waals surface area contributed by atoms with Crippen LogP contribution in [0, 0.1) is 11.8 Å². The van der Waals surface area contributed by atoms with Gasteiger partial charge >= 0.3 is 0 Å². The summed E-state index contributed by atoms with van der Waals surface area (Å²) in [6, 6.07) is 2.07. The molecule has 1 aromatic rings. The largest absolute Gasteiger partial charge is 0.363 e. The Kier molecular flexibility index (Phi) is 6.46. The average Bonchev–Trinajstić information content (AvgIpc) is 3.04. The van der Waals surface area contributed by atoms with E-state index in [1.54, 1.807) is 6.33 Å². The summed E-state index contributed by atoms with van der Waals surface area (Å²) in [6.45, 7) is 3.66. The lowest BCUT2D eigenvalue weighted by molar-refractivity contribution is -0.132. The van der Waals surface area contributed by atoms with E-state index in [4.69, 9.17) is 0 Å². The molecule has 1 aliphatic carbocycles. The molecule has 2 heterocycles. The second-order valence-corrected chi connectivity index (χ2v) is 8.29. The molecule has 2 fully saturated rings. The normalized spacial score (nSPS) is 22.4. The minimum absolute atomic E-state index is 0.355. The summed E-state index contributed by atoms with van der Waals surface area (Å²) in [5, 5.41) is 0. The standard InChI is InChI=1S/C20H33N5O/c1-23(2)19-12-18(21-15-22-19)10-17-13-24(3)8-9-25(14-17)20(26)11-16-6-4-5-7-16/h12,15-17H,4-11,13-14H2,1-3H3. The van der Waals surface area contributed by atoms with E-state index in [1.807, 2.05) is 19.0 Å². The monoisotopic (exact) mass is 359 g/mol. The van der Waals surface area contributed by atoms with Gasteiger partial charge in [-0.3, -0.25) is 4.79 Å². The number of hydrogen-bond acceptors (Lipinski definition) is 5. The fourth-order valence-electron chi connectivity index (χ4n) is 4.27. The Balaban J connectivity index is 1.63. The third-order valence-corrected chi connectivity index (χ3v) is 5.76. The smallest absolute Gasteiger partial charge is 0.222 e. The molecule has 1 atom stereocenters. The van der Waals surface area contributed by atoms with Crippen molar-refractivity contribution < 1.29 is 4.79 Å². The van der Waals surface area contributed by atoms with Crippen molar-refractivity contribution in [2.24, 2.45) is 11.8 Å². The van der Waals surface area contributed by atoms with E-state index in [9.17, 15) is 4.79 Å². The van der Waals surface area contributed by atoms with Crippen LogP contribution in [0.1, 0.15) is 37.8 Å². The van der Waals surface area contributed by atoms with Crippen LogP contribution in [0.2, 0.25) is 0 Å². The van der Waals surface area contributed by atoms with Crippen molar-refractivity contribution >= 4 is 11.7 Å². The third kappa shape index (κ3) is 5.16. The van der Waals surface area contributed by atoms with Crippen molar-refractivity contribution in [2.75, 3.05) is 52.2 Å². The van der Waals surface area contributed by atoms with Gasteiger partial charge in [-0.1, -0.05) is 12.8 Å². The maximum absolute atomic E-state index is 12.8. The number of carbonyl (C=O) groups is 1. The zero-order valence-electron chi connectivity index (χ0n) is 16.5. The molecule has 3 rings (SSSR count). The van der Waals surface area contributed by atoms with Gasteiger partial charge in [-0.15, -0.1) is 0 Å². The summed E-state index contributed by atoms with van der Waals surface area (Å²) < 4.78 is 0. The molecule has 0 bridgehead atoms. The molecule has 1 amide bonds. The summed E-state index contributed by atoms with van der Waals surface area (Å²) in [6.07, 6.45) is 8.34. The van der Waals surface area contributed by atoms with Crippen LogP contribution in [0.3, 0.4) is 0 Å². The lowest BCUT2D eigenvalue weighted by atomic mass is 10.0. The van der Waals surface area contributed by atoms with Crippen LogP contribution in [-0.2, 0) is 11.2 Å². The highest BCUT2D eigenvalue weighted by Gasteiger charge is 2.27. The second-order valence-electron chi connectivity index (χ2n) is 8.29. The molecular weight excluding hydrogens is 326 g/mol. The van der Waals surface area contributed by atoms with E-state index in [0.29, 0.717) is 17.7 Å². The van der Waals surface area contributed by atoms with Gasteiger partial charge in [0.1, 0.15) is 12.1 Å². The number of carbonyl (C=O) groups excluding carboxylic acids is 1. The summed E-state index contributed by atoms with van der Waals surface area (Å²) in [5.74, 6) is 2.33. The first-order chi connectivity index (χ1) is 12.5. The minimum Gasteiger partial charge on any atom is -0.363 e. The molecule has 1 saturated carbocycles. The van der Waals surface area contributed by atoms with Gasteiger partial charge in [0, 0.05) is 58.5 Å². The molecule has 1 aromatic heterocycles. The van der Waals surface area contributed by atoms with E-state index in [1.165, 1.54) is 25.7 Å². The fourth-order valence-corrected chi connectivity index (χ4v) is 4.27. The van der Waals surface area contributed by atoms with Gasteiger partial charge in [0.2, 0.25) is 5.91 Å². The summed E-state index contributed by atoms with van der Waals surface area (Å²) in [5.41, 5.74) is 1.06. The van der Waals surface area contributed by atoms with Crippen LogP contribution in [0.15, 0.2) is 12.4 Å². The predicted molar refractivity (Wildman–Crippen MR) is 104 cm³/mol. The molecule has 6 nitrogen and oxygen atoms in total. The Bertz CT molecular complexity index is 600. The van der Waals surface area contributed by atoms with Crippen LogP contribution < -0.4 is 4.90 Å². The van der Waals surface area contributed by atoms with Crippen molar-refractivity contribution in [2.45, 2.75) is 38.5 Å². The number of nitrogens with zero attached hydrogens (tertiary/aromatic N) is 5. The molecule has 2 aliphatic rings. The van der Waals surface area contributed by atoms with Gasteiger partial charge in [0.15, 0.2) is 0 Å². The highest BCUT2D eigenvalue weighted by Crippen LogP contribution is 2.28. The highest BCUT2D eigenvalue weighted by atomic mass is 16.2. The molecule has 1 unspecified atom stereocenters. The van der Waals surface area contributed by atoms with Crippen molar-refractivity contribution in [3.63, 3.8) is 0 Å². The summed E-state index contributed by atoms with van der Waals surface area (Å²) in [4.78, 5) is 28.1. The van der Waals surface area contributed by atoms with Crippen LogP contribution in [-0.4, -0.2) is 73.0 Å². The van der Waals surface area contributed by atoms with Crippen LogP contribution in [0.5, 0.6) is 0 Å². The molecule has 0 spiro atoms. The first kappa shape index (κ1) is 19.1. The summed E-state index contributed by atoms with van der Waals surface area (Å²) >= 11 is 0. The van der Waals surface area contributed by atoms with Crippen molar-refractivity contribution in [1.82, 2.24) is 19.8 Å². The van der Waals surface area contributed by atoms with Crippen molar-refractivity contribution in [3.8, 4) is 0 Å². The first-order valence-corrected chi connectivity index (χ1v) is 9.96. The Labute approximate surface area is 157 Å². The van der Waals surface area contributed by atoms with E-state index < -0.39 is 0 Å². The fraction of sp³-hybridized carbons (Fsp3) is 0.750. The zero-order valence-corrected chi connectivity index (χ0v) is 16.5. The van der Waals surface area contributed by atoms with E-state index >= 15 is 0 Å². The number of amides is 1. The van der Waals surface area contributed by atoms with Gasteiger partial charge in [0.05, 0.1) is 0 Å². The molecule has 0 aromatic carbocycles. The predicted octanol–water partition coefficient (Wildman–Crippen LogP) is 2.06. The number of rotatable bonds is 5. The zero-order chi connectivity index (χ0) is 18.5. The lowest BCUT2D eigenvalue weighted by Crippen LogP contribution is -2.37. The Hall–Kier alpha value is -1.69. The topological polar surface area (TPSA) is 52.6 Å². The van der Waals surface area contributed by atoms with Gasteiger partial charge in [0.25, 0.3) is 0 Å². The van der Waals surface area contributed by atoms with E-state index in [2.05, 4.69) is 32.9 Å². The molecule has 1 aliphatic heterocycles. The molecule has 0 N–H and O–H groups in total. The van der Waals surface area contributed by atoms with Crippen molar-refractivity contribution in [1.29, 1.82) is 0 Å². The Morgan fingerprint density at radius 1 is 1.15 bits per heavy atom. The maximum atomic E-state index is 12.8. The second kappa shape index (κ2) is 8.80. The van der Waals surface area contributed by atoms with Crippen molar-refractivity contribution in [3.05, 3.63) is 18.1 Å². The molecular formula is C20H33N5O. The van der Waals surface area contributed by atoms with E-state index in [0.717, 1.165) is 50.5 Å². The molecule has 26 heavy (non-hydrogen) atoms. The summed E-state index contributed by atoms with van der Waals surface area (Å²) in [7, 11) is 6.15. The lowest BCUT2D eigenvalue weighted by Gasteiger charge is -2.25. The first-order valence-electron chi connectivity index (χ1n) is 9.96. The molecule has 0 radical (unpaired) electrons. The van der Waals surface area contributed by atoms with Crippen LogP contribution >= 0.6 is 0 Å². The van der Waals surface area contributed by atoms with E-state index in [-0.39, 0.29) is 0 Å². The molecule has 144 valence electrons. The minimum atomic E-state index is 0.355. The number of anilines is 1.